The molecule has 0 aliphatic heterocycles. The van der Waals surface area contributed by atoms with Gasteiger partial charge in [-0.1, -0.05) is 32.4 Å². The number of hydrogen-bond donors (Lipinski definition) is 2. The Morgan fingerprint density at radius 2 is 2.05 bits per heavy atom. The highest BCUT2D eigenvalue weighted by Gasteiger charge is 2.36. The zero-order valence-electron chi connectivity index (χ0n) is 12.0. The van der Waals surface area contributed by atoms with E-state index in [1.165, 1.54) is 0 Å². The summed E-state index contributed by atoms with van der Waals surface area (Å²) in [6.07, 6.45) is 0.911. The molecule has 2 rings (SSSR count). The molecule has 1 fully saturated rings. The third-order valence-corrected chi connectivity index (χ3v) is 5.30. The summed E-state index contributed by atoms with van der Waals surface area (Å²) in [5.41, 5.74) is 0.798. The van der Waals surface area contributed by atoms with Crippen LogP contribution in [0.25, 0.3) is 0 Å². The molecule has 20 heavy (non-hydrogen) atoms. The Hall–Kier alpha value is -0.620. The minimum Gasteiger partial charge on any atom is -0.310 e. The van der Waals surface area contributed by atoms with E-state index in [9.17, 15) is 8.42 Å². The summed E-state index contributed by atoms with van der Waals surface area (Å²) in [6, 6.07) is 5.23. The van der Waals surface area contributed by atoms with Crippen LogP contribution in [-0.4, -0.2) is 20.5 Å². The summed E-state index contributed by atoms with van der Waals surface area (Å²) in [4.78, 5) is 0.279. The minimum absolute atomic E-state index is 0.0768. The van der Waals surface area contributed by atoms with Gasteiger partial charge in [-0.05, 0) is 36.1 Å². The molecule has 0 amide bonds. The summed E-state index contributed by atoms with van der Waals surface area (Å²) in [5.74, 6) is 0.430. The molecule has 1 aromatic rings. The second-order valence-electron chi connectivity index (χ2n) is 5.73. The Kier molecular flexibility index (Phi) is 4.74. The number of nitrogens with one attached hydrogen (secondary N) is 2. The van der Waals surface area contributed by atoms with E-state index in [0.29, 0.717) is 23.5 Å². The summed E-state index contributed by atoms with van der Waals surface area (Å²) >= 11 is 6.12. The Morgan fingerprint density at radius 3 is 2.60 bits per heavy atom. The van der Waals surface area contributed by atoms with Crippen LogP contribution < -0.4 is 10.0 Å². The molecule has 2 atom stereocenters. The standard InChI is InChI=1S/C14H21ClN2O2S/c1-9(2)16-8-11-7-12(4-5-13(11)15)20(18,19)17-14-6-10(14)3/h4-5,7,9-10,14,16-17H,6,8H2,1-3H3. The van der Waals surface area contributed by atoms with Crippen molar-refractivity contribution in [3.05, 3.63) is 28.8 Å². The lowest BCUT2D eigenvalue weighted by molar-refractivity contribution is 0.576. The van der Waals surface area contributed by atoms with Crippen LogP contribution in [0.1, 0.15) is 32.8 Å². The number of halogens is 1. The molecule has 4 nitrogen and oxygen atoms in total. The maximum atomic E-state index is 12.3. The van der Waals surface area contributed by atoms with Crippen molar-refractivity contribution in [1.29, 1.82) is 0 Å². The second-order valence-corrected chi connectivity index (χ2v) is 7.85. The average Bonchev–Trinajstić information content (AvgIpc) is 3.02. The molecule has 0 spiro atoms. The van der Waals surface area contributed by atoms with Crippen molar-refractivity contribution in [2.75, 3.05) is 0 Å². The molecule has 2 N–H and O–H groups in total. The van der Waals surface area contributed by atoms with E-state index in [-0.39, 0.29) is 10.9 Å². The van der Waals surface area contributed by atoms with Crippen molar-refractivity contribution >= 4 is 21.6 Å². The molecule has 1 aromatic carbocycles. The van der Waals surface area contributed by atoms with Crippen LogP contribution in [-0.2, 0) is 16.6 Å². The maximum absolute atomic E-state index is 12.3. The Labute approximate surface area is 126 Å². The monoisotopic (exact) mass is 316 g/mol. The zero-order chi connectivity index (χ0) is 14.9. The lowest BCUT2D eigenvalue weighted by Gasteiger charge is -2.12. The molecule has 0 aromatic heterocycles. The van der Waals surface area contributed by atoms with Crippen LogP contribution >= 0.6 is 11.6 Å². The fourth-order valence-electron chi connectivity index (χ4n) is 1.92. The summed E-state index contributed by atoms with van der Waals surface area (Å²) in [7, 11) is -3.44. The van der Waals surface area contributed by atoms with E-state index in [2.05, 4.69) is 10.0 Å². The van der Waals surface area contributed by atoms with Crippen LogP contribution in [0.2, 0.25) is 5.02 Å². The van der Waals surface area contributed by atoms with Gasteiger partial charge in [0.25, 0.3) is 0 Å². The largest absolute Gasteiger partial charge is 0.310 e. The SMILES string of the molecule is CC(C)NCc1cc(S(=O)(=O)NC2CC2C)ccc1Cl. The molecular weight excluding hydrogens is 296 g/mol. The normalized spacial score (nSPS) is 22.2. The fourth-order valence-corrected chi connectivity index (χ4v) is 3.51. The maximum Gasteiger partial charge on any atom is 0.240 e. The van der Waals surface area contributed by atoms with Crippen molar-refractivity contribution in [2.45, 2.75) is 50.7 Å². The molecule has 1 saturated carbocycles. The van der Waals surface area contributed by atoms with Gasteiger partial charge in [-0.15, -0.1) is 0 Å². The predicted octanol–water partition coefficient (Wildman–Crippen LogP) is 2.52. The number of sulfonamides is 1. The van der Waals surface area contributed by atoms with E-state index >= 15 is 0 Å². The highest BCUT2D eigenvalue weighted by Crippen LogP contribution is 2.31. The van der Waals surface area contributed by atoms with Crippen molar-refractivity contribution < 1.29 is 8.42 Å². The van der Waals surface area contributed by atoms with Crippen molar-refractivity contribution in [3.63, 3.8) is 0 Å². The lowest BCUT2D eigenvalue weighted by atomic mass is 10.2. The van der Waals surface area contributed by atoms with Gasteiger partial charge < -0.3 is 5.32 Å². The van der Waals surface area contributed by atoms with Gasteiger partial charge in [-0.25, -0.2) is 13.1 Å². The second kappa shape index (κ2) is 6.02. The Bertz CT molecular complexity index is 587. The summed E-state index contributed by atoms with van der Waals surface area (Å²) in [6.45, 7) is 6.65. The smallest absolute Gasteiger partial charge is 0.240 e. The summed E-state index contributed by atoms with van der Waals surface area (Å²) in [5, 5.41) is 3.82. The predicted molar refractivity (Wildman–Crippen MR) is 81.3 cm³/mol. The van der Waals surface area contributed by atoms with Gasteiger partial charge in [-0.2, -0.15) is 0 Å². The van der Waals surface area contributed by atoms with Gasteiger partial charge >= 0.3 is 0 Å². The topological polar surface area (TPSA) is 58.2 Å². The lowest BCUT2D eigenvalue weighted by Crippen LogP contribution is -2.27. The van der Waals surface area contributed by atoms with E-state index < -0.39 is 10.0 Å². The van der Waals surface area contributed by atoms with Crippen LogP contribution in [0, 0.1) is 5.92 Å². The first-order valence-electron chi connectivity index (χ1n) is 6.83. The van der Waals surface area contributed by atoms with Gasteiger partial charge in [0, 0.05) is 23.7 Å². The first kappa shape index (κ1) is 15.8. The number of hydrogen-bond acceptors (Lipinski definition) is 3. The van der Waals surface area contributed by atoms with Crippen LogP contribution in [0.5, 0.6) is 0 Å². The molecule has 6 heteroatoms. The van der Waals surface area contributed by atoms with Crippen LogP contribution in [0.4, 0.5) is 0 Å². The zero-order valence-corrected chi connectivity index (χ0v) is 13.6. The van der Waals surface area contributed by atoms with Gasteiger partial charge in [0.15, 0.2) is 0 Å². The Morgan fingerprint density at radius 1 is 1.40 bits per heavy atom. The number of benzene rings is 1. The third kappa shape index (κ3) is 3.95. The third-order valence-electron chi connectivity index (χ3n) is 3.44. The molecule has 0 saturated heterocycles. The molecule has 0 heterocycles. The number of rotatable bonds is 6. The average molecular weight is 317 g/mol. The van der Waals surface area contributed by atoms with Crippen molar-refractivity contribution in [2.24, 2.45) is 5.92 Å². The van der Waals surface area contributed by atoms with Crippen molar-refractivity contribution in [1.82, 2.24) is 10.0 Å². The van der Waals surface area contributed by atoms with Gasteiger partial charge in [0.1, 0.15) is 0 Å². The molecule has 112 valence electrons. The van der Waals surface area contributed by atoms with Gasteiger partial charge in [0.05, 0.1) is 4.90 Å². The Balaban J connectivity index is 2.17. The highest BCUT2D eigenvalue weighted by molar-refractivity contribution is 7.89. The molecular formula is C14H21ClN2O2S. The molecule has 1 aliphatic carbocycles. The quantitative estimate of drug-likeness (QED) is 0.848. The van der Waals surface area contributed by atoms with E-state index in [0.717, 1.165) is 12.0 Å². The minimum atomic E-state index is -3.44. The van der Waals surface area contributed by atoms with Crippen LogP contribution in [0.15, 0.2) is 23.1 Å². The summed E-state index contributed by atoms with van der Waals surface area (Å²) < 4.78 is 27.2. The molecule has 1 aliphatic rings. The first-order chi connectivity index (χ1) is 9.29. The van der Waals surface area contributed by atoms with Gasteiger partial charge in [-0.3, -0.25) is 0 Å². The fraction of sp³-hybridized carbons (Fsp3) is 0.571. The van der Waals surface area contributed by atoms with E-state index in [4.69, 9.17) is 11.6 Å². The van der Waals surface area contributed by atoms with Crippen molar-refractivity contribution in [3.8, 4) is 0 Å². The van der Waals surface area contributed by atoms with E-state index in [1.807, 2.05) is 20.8 Å². The first-order valence-corrected chi connectivity index (χ1v) is 8.70. The molecule has 0 bridgehead atoms. The van der Waals surface area contributed by atoms with Gasteiger partial charge in [0.2, 0.25) is 10.0 Å². The van der Waals surface area contributed by atoms with Crippen LogP contribution in [0.3, 0.4) is 0 Å². The molecule has 2 unspecified atom stereocenters. The molecule has 0 radical (unpaired) electrons. The van der Waals surface area contributed by atoms with E-state index in [1.54, 1.807) is 18.2 Å². The highest BCUT2D eigenvalue weighted by atomic mass is 35.5.